The Hall–Kier alpha value is -5.37. The normalized spacial score (nSPS) is 17.3. The summed E-state index contributed by atoms with van der Waals surface area (Å²) in [4.78, 5) is 13.2. The second kappa shape index (κ2) is 22.0. The van der Waals surface area contributed by atoms with Crippen molar-refractivity contribution in [1.82, 2.24) is 0 Å². The molecule has 0 fully saturated rings. The van der Waals surface area contributed by atoms with Crippen LogP contribution in [0.5, 0.6) is 34.5 Å². The molecule has 0 spiro atoms. The fraction of sp³-hybridized carbons (Fsp3) is 0.370. The average molecular weight is 801 g/mol. The molecule has 2 N–H and O–H groups in total. The standard InChI is InChI=1S/C23H26O6.C23H30O6/c1-5-6-20-19-12-11-18(28-15-26-4)13-21(19)29-22(24)23(20,2)16-7-9-17(10-8-16)27-14-25-3;1-5-6-21(20-12-11-19(13-22(20)25)29-16-27-4)23(2,14-24)17-7-9-18(10-8-17)28-15-26-3/h5,7-13,20H,1,6,14-15H2,2-4H3;5,7-13,21,24-25H,1,6,14-16H2,2-4H3/t20-,23-;21-,23-/m11/s1. The van der Waals surface area contributed by atoms with Crippen LogP contribution in [0.25, 0.3) is 0 Å². The number of fused-ring (bicyclic) bond motifs is 1. The molecule has 0 amide bonds. The van der Waals surface area contributed by atoms with E-state index < -0.39 is 10.8 Å². The van der Waals surface area contributed by atoms with Gasteiger partial charge >= 0.3 is 5.97 Å². The third-order valence-electron chi connectivity index (χ3n) is 10.3. The molecular weight excluding hydrogens is 744 g/mol. The molecule has 1 heterocycles. The van der Waals surface area contributed by atoms with E-state index in [9.17, 15) is 15.0 Å². The molecule has 12 heteroatoms. The number of allylic oxidation sites excluding steroid dienone is 2. The zero-order valence-corrected chi connectivity index (χ0v) is 34.2. The summed E-state index contributed by atoms with van der Waals surface area (Å²) in [5.74, 6) is 2.41. The quantitative estimate of drug-likeness (QED) is 0.0364. The van der Waals surface area contributed by atoms with E-state index in [2.05, 4.69) is 13.2 Å². The summed E-state index contributed by atoms with van der Waals surface area (Å²) in [5.41, 5.74) is 1.92. The Morgan fingerprint density at radius 1 is 0.741 bits per heavy atom. The molecule has 4 aromatic rings. The number of methoxy groups -OCH3 is 4. The lowest BCUT2D eigenvalue weighted by molar-refractivity contribution is -0.143. The number of hydrogen-bond donors (Lipinski definition) is 2. The fourth-order valence-corrected chi connectivity index (χ4v) is 7.03. The first-order chi connectivity index (χ1) is 28.0. The van der Waals surface area contributed by atoms with Gasteiger partial charge in [0.25, 0.3) is 0 Å². The second-order valence-electron chi connectivity index (χ2n) is 14.0. The van der Waals surface area contributed by atoms with Crippen LogP contribution in [-0.2, 0) is 34.6 Å². The van der Waals surface area contributed by atoms with E-state index >= 15 is 0 Å². The van der Waals surface area contributed by atoms with Crippen molar-refractivity contribution in [3.8, 4) is 34.5 Å². The van der Waals surface area contributed by atoms with Gasteiger partial charge in [-0.05, 0) is 72.9 Å². The largest absolute Gasteiger partial charge is 0.508 e. The van der Waals surface area contributed by atoms with Crippen molar-refractivity contribution in [3.63, 3.8) is 0 Å². The molecule has 4 atom stereocenters. The van der Waals surface area contributed by atoms with Crippen LogP contribution in [0.3, 0.4) is 0 Å². The van der Waals surface area contributed by atoms with Gasteiger partial charge in [-0.2, -0.15) is 0 Å². The number of phenolic OH excluding ortho intramolecular Hbond substituents is 1. The highest BCUT2D eigenvalue weighted by Crippen LogP contribution is 2.50. The Bertz CT molecular complexity index is 1910. The maximum atomic E-state index is 13.2. The minimum Gasteiger partial charge on any atom is -0.508 e. The molecule has 12 nitrogen and oxygen atoms in total. The second-order valence-corrected chi connectivity index (χ2v) is 14.0. The molecule has 0 unspecified atom stereocenters. The predicted octanol–water partition coefficient (Wildman–Crippen LogP) is 8.16. The predicted molar refractivity (Wildman–Crippen MR) is 220 cm³/mol. The SMILES string of the molecule is C=CC[C@@H]1c2ccc(OCOC)cc2OC(=O)[C@]1(C)c1ccc(OCOC)cc1.C=CC[C@H](c1ccc(OCOC)cc1O)[C@](C)(CO)c1ccc(OCOC)cc1. The van der Waals surface area contributed by atoms with Gasteiger partial charge in [0.05, 0.1) is 12.0 Å². The van der Waals surface area contributed by atoms with Crippen LogP contribution in [-0.4, -0.2) is 78.4 Å². The van der Waals surface area contributed by atoms with Gasteiger partial charge in [-0.3, -0.25) is 4.79 Å². The molecule has 4 aromatic carbocycles. The molecule has 0 aliphatic carbocycles. The average Bonchev–Trinajstić information content (AvgIpc) is 3.24. The van der Waals surface area contributed by atoms with Crippen molar-refractivity contribution in [2.45, 2.75) is 49.4 Å². The molecule has 0 saturated heterocycles. The van der Waals surface area contributed by atoms with Gasteiger partial charge in [-0.25, -0.2) is 0 Å². The molecule has 0 bridgehead atoms. The Labute approximate surface area is 341 Å². The highest BCUT2D eigenvalue weighted by atomic mass is 16.7. The van der Waals surface area contributed by atoms with Crippen LogP contribution in [0.4, 0.5) is 0 Å². The first-order valence-corrected chi connectivity index (χ1v) is 18.7. The number of phenols is 1. The maximum absolute atomic E-state index is 13.2. The van der Waals surface area contributed by atoms with Crippen LogP contribution in [0.15, 0.2) is 110 Å². The van der Waals surface area contributed by atoms with Crippen molar-refractivity contribution in [3.05, 3.63) is 132 Å². The van der Waals surface area contributed by atoms with E-state index in [1.807, 2.05) is 86.7 Å². The highest BCUT2D eigenvalue weighted by molar-refractivity contribution is 5.89. The smallest absolute Gasteiger partial charge is 0.322 e. The van der Waals surface area contributed by atoms with Crippen LogP contribution in [0, 0.1) is 0 Å². The number of aromatic hydroxyl groups is 1. The van der Waals surface area contributed by atoms with Crippen molar-refractivity contribution >= 4 is 5.97 Å². The van der Waals surface area contributed by atoms with Crippen LogP contribution in [0.2, 0.25) is 0 Å². The number of carbonyl (C=O) groups is 1. The topological polar surface area (TPSA) is 141 Å². The molecule has 1 aliphatic rings. The summed E-state index contributed by atoms with van der Waals surface area (Å²) < 4.78 is 47.2. The number of ether oxygens (including phenoxy) is 9. The molecule has 0 radical (unpaired) electrons. The number of benzene rings is 4. The van der Waals surface area contributed by atoms with E-state index in [1.165, 1.54) is 7.11 Å². The zero-order chi connectivity index (χ0) is 42.1. The number of hydrogen-bond acceptors (Lipinski definition) is 12. The van der Waals surface area contributed by atoms with E-state index in [0.717, 1.165) is 16.7 Å². The summed E-state index contributed by atoms with van der Waals surface area (Å²) in [7, 11) is 6.22. The number of carbonyl (C=O) groups excluding carboxylic acids is 1. The van der Waals surface area contributed by atoms with E-state index in [1.54, 1.807) is 45.6 Å². The number of aliphatic hydroxyl groups is 1. The Balaban J connectivity index is 0.000000257. The molecule has 0 saturated carbocycles. The van der Waals surface area contributed by atoms with E-state index in [-0.39, 0.29) is 57.3 Å². The van der Waals surface area contributed by atoms with Crippen LogP contribution < -0.4 is 23.7 Å². The summed E-state index contributed by atoms with van der Waals surface area (Å²) >= 11 is 0. The van der Waals surface area contributed by atoms with Crippen LogP contribution in [0.1, 0.15) is 60.8 Å². The lowest BCUT2D eigenvalue weighted by atomic mass is 9.66. The van der Waals surface area contributed by atoms with Crippen molar-refractivity contribution in [2.75, 3.05) is 62.2 Å². The van der Waals surface area contributed by atoms with Crippen molar-refractivity contribution in [2.24, 2.45) is 0 Å². The van der Waals surface area contributed by atoms with Gasteiger partial charge in [0.2, 0.25) is 0 Å². The van der Waals surface area contributed by atoms with E-state index in [4.69, 9.17) is 42.6 Å². The van der Waals surface area contributed by atoms with Gasteiger partial charge in [-0.1, -0.05) is 55.5 Å². The third-order valence-corrected chi connectivity index (χ3v) is 10.3. The van der Waals surface area contributed by atoms with Crippen molar-refractivity contribution in [1.29, 1.82) is 0 Å². The molecule has 5 rings (SSSR count). The number of rotatable bonds is 21. The monoisotopic (exact) mass is 800 g/mol. The molecule has 0 aromatic heterocycles. The molecule has 1 aliphatic heterocycles. The number of esters is 1. The summed E-state index contributed by atoms with van der Waals surface area (Å²) in [6.45, 7) is 12.1. The van der Waals surface area contributed by atoms with Crippen molar-refractivity contribution < 1.29 is 57.6 Å². The van der Waals surface area contributed by atoms with E-state index in [0.29, 0.717) is 47.2 Å². The lowest BCUT2D eigenvalue weighted by Gasteiger charge is -2.40. The first kappa shape index (κ1) is 45.3. The summed E-state index contributed by atoms with van der Waals surface area (Å²) in [6.07, 6.45) is 4.82. The van der Waals surface area contributed by atoms with Crippen LogP contribution >= 0.6 is 0 Å². The Kier molecular flexibility index (Phi) is 17.2. The highest BCUT2D eigenvalue weighted by Gasteiger charge is 2.49. The van der Waals surface area contributed by atoms with Gasteiger partial charge in [0, 0.05) is 63.4 Å². The molecule has 312 valence electrons. The fourth-order valence-electron chi connectivity index (χ4n) is 7.03. The van der Waals surface area contributed by atoms with Gasteiger partial charge in [0.15, 0.2) is 27.2 Å². The molecule has 58 heavy (non-hydrogen) atoms. The van der Waals surface area contributed by atoms with Gasteiger partial charge in [-0.15, -0.1) is 13.2 Å². The maximum Gasteiger partial charge on any atom is 0.322 e. The summed E-state index contributed by atoms with van der Waals surface area (Å²) in [5, 5.41) is 21.0. The van der Waals surface area contributed by atoms with Gasteiger partial charge in [0.1, 0.15) is 34.5 Å². The Morgan fingerprint density at radius 3 is 1.74 bits per heavy atom. The minimum absolute atomic E-state index is 0.0979. The Morgan fingerprint density at radius 2 is 1.24 bits per heavy atom. The minimum atomic E-state index is -0.865. The first-order valence-electron chi connectivity index (χ1n) is 18.7. The lowest BCUT2D eigenvalue weighted by Crippen LogP contribution is -2.45. The summed E-state index contributed by atoms with van der Waals surface area (Å²) in [6, 6.07) is 25.6. The number of aliphatic hydroxyl groups excluding tert-OH is 1. The van der Waals surface area contributed by atoms with Gasteiger partial charge < -0.3 is 52.8 Å². The zero-order valence-electron chi connectivity index (χ0n) is 34.2. The third kappa shape index (κ3) is 10.8. The molecular formula is C46H56O12.